The maximum atomic E-state index is 12.7. The fourth-order valence-electron chi connectivity index (χ4n) is 1.63. The molecule has 1 unspecified atom stereocenters. The van der Waals surface area contributed by atoms with Gasteiger partial charge in [-0.05, 0) is 43.1 Å². The third-order valence-corrected chi connectivity index (χ3v) is 2.81. The van der Waals surface area contributed by atoms with Gasteiger partial charge in [0.25, 0.3) is 5.91 Å². The Hall–Kier alpha value is -1.42. The van der Waals surface area contributed by atoms with Gasteiger partial charge in [0.1, 0.15) is 5.82 Å². The molecule has 0 aliphatic carbocycles. The van der Waals surface area contributed by atoms with Crippen molar-refractivity contribution in [2.24, 2.45) is 11.7 Å². The highest BCUT2D eigenvalue weighted by molar-refractivity contribution is 5.94. The largest absolute Gasteiger partial charge is 0.352 e. The van der Waals surface area contributed by atoms with Crippen molar-refractivity contribution in [1.29, 1.82) is 0 Å². The summed E-state index contributed by atoms with van der Waals surface area (Å²) in [6.07, 6.45) is 1.89. The van der Waals surface area contributed by atoms with Crippen LogP contribution in [0.25, 0.3) is 0 Å². The van der Waals surface area contributed by atoms with E-state index in [-0.39, 0.29) is 11.7 Å². The lowest BCUT2D eigenvalue weighted by molar-refractivity contribution is 0.0946. The summed E-state index contributed by atoms with van der Waals surface area (Å²) in [5.74, 6) is -0.0963. The van der Waals surface area contributed by atoms with E-state index in [1.807, 2.05) is 0 Å². The van der Waals surface area contributed by atoms with Crippen molar-refractivity contribution in [2.75, 3.05) is 13.1 Å². The molecule has 1 rings (SSSR count). The molecule has 1 amide bonds. The second kappa shape index (κ2) is 7.01. The molecule has 0 saturated heterocycles. The summed E-state index contributed by atoms with van der Waals surface area (Å²) in [4.78, 5) is 11.7. The van der Waals surface area contributed by atoms with Gasteiger partial charge in [-0.3, -0.25) is 4.79 Å². The Bertz CT molecular complexity index is 351. The van der Waals surface area contributed by atoms with Gasteiger partial charge in [0.15, 0.2) is 0 Å². The molecule has 3 nitrogen and oxygen atoms in total. The summed E-state index contributed by atoms with van der Waals surface area (Å²) >= 11 is 0. The van der Waals surface area contributed by atoms with Crippen molar-refractivity contribution in [3.63, 3.8) is 0 Å². The van der Waals surface area contributed by atoms with E-state index >= 15 is 0 Å². The molecule has 1 atom stereocenters. The average molecular weight is 238 g/mol. The highest BCUT2D eigenvalue weighted by atomic mass is 19.1. The number of hydrogen-bond donors (Lipinski definition) is 2. The Morgan fingerprint density at radius 3 is 2.59 bits per heavy atom. The predicted octanol–water partition coefficient (Wildman–Crippen LogP) is 1.93. The van der Waals surface area contributed by atoms with Gasteiger partial charge in [-0.15, -0.1) is 0 Å². The molecule has 0 heterocycles. The van der Waals surface area contributed by atoms with Gasteiger partial charge in [-0.1, -0.05) is 13.3 Å². The summed E-state index contributed by atoms with van der Waals surface area (Å²) in [6.45, 7) is 3.32. The Balaban J connectivity index is 2.46. The molecule has 0 saturated carbocycles. The first kappa shape index (κ1) is 13.6. The summed E-state index contributed by atoms with van der Waals surface area (Å²) in [6, 6.07) is 5.53. The third kappa shape index (κ3) is 4.53. The number of nitrogens with one attached hydrogen (secondary N) is 1. The van der Waals surface area contributed by atoms with Crippen LogP contribution in [-0.2, 0) is 0 Å². The molecule has 0 fully saturated rings. The van der Waals surface area contributed by atoms with Crippen molar-refractivity contribution in [3.8, 4) is 0 Å². The van der Waals surface area contributed by atoms with Gasteiger partial charge in [-0.2, -0.15) is 0 Å². The van der Waals surface area contributed by atoms with Crippen molar-refractivity contribution in [1.82, 2.24) is 5.32 Å². The first-order valence-corrected chi connectivity index (χ1v) is 5.91. The molecule has 0 aliphatic heterocycles. The molecule has 0 spiro atoms. The molecular formula is C13H19FN2O. The highest BCUT2D eigenvalue weighted by Crippen LogP contribution is 2.06. The summed E-state index contributed by atoms with van der Waals surface area (Å²) in [5.41, 5.74) is 5.97. The standard InChI is InChI=1S/C13H19FN2O/c1-2-10(7-8-15)9-16-13(17)11-3-5-12(14)6-4-11/h3-6,10H,2,7-9,15H2,1H3,(H,16,17). The Labute approximate surface area is 101 Å². The van der Waals surface area contributed by atoms with E-state index in [0.717, 1.165) is 12.8 Å². The zero-order valence-corrected chi connectivity index (χ0v) is 10.1. The van der Waals surface area contributed by atoms with Crippen LogP contribution in [0, 0.1) is 11.7 Å². The van der Waals surface area contributed by atoms with Gasteiger partial charge in [-0.25, -0.2) is 4.39 Å². The number of carbonyl (C=O) groups is 1. The van der Waals surface area contributed by atoms with Gasteiger partial charge in [0, 0.05) is 12.1 Å². The number of benzene rings is 1. The predicted molar refractivity (Wildman–Crippen MR) is 66.2 cm³/mol. The van der Waals surface area contributed by atoms with E-state index in [1.165, 1.54) is 24.3 Å². The summed E-state index contributed by atoms with van der Waals surface area (Å²) < 4.78 is 12.7. The van der Waals surface area contributed by atoms with Crippen LogP contribution in [0.4, 0.5) is 4.39 Å². The van der Waals surface area contributed by atoms with E-state index in [1.54, 1.807) is 0 Å². The number of nitrogens with two attached hydrogens (primary N) is 1. The number of rotatable bonds is 6. The molecule has 94 valence electrons. The molecule has 1 aromatic carbocycles. The lowest BCUT2D eigenvalue weighted by Crippen LogP contribution is -2.30. The zero-order chi connectivity index (χ0) is 12.7. The van der Waals surface area contributed by atoms with Gasteiger partial charge >= 0.3 is 0 Å². The maximum Gasteiger partial charge on any atom is 0.251 e. The number of halogens is 1. The zero-order valence-electron chi connectivity index (χ0n) is 10.1. The van der Waals surface area contributed by atoms with Crippen molar-refractivity contribution in [2.45, 2.75) is 19.8 Å². The van der Waals surface area contributed by atoms with Gasteiger partial charge in [0.05, 0.1) is 0 Å². The first-order valence-electron chi connectivity index (χ1n) is 5.91. The fourth-order valence-corrected chi connectivity index (χ4v) is 1.63. The third-order valence-electron chi connectivity index (χ3n) is 2.81. The second-order valence-electron chi connectivity index (χ2n) is 4.07. The minimum Gasteiger partial charge on any atom is -0.352 e. The molecule has 4 heteroatoms. The molecule has 0 radical (unpaired) electrons. The average Bonchev–Trinajstić information content (AvgIpc) is 2.35. The monoisotopic (exact) mass is 238 g/mol. The van der Waals surface area contributed by atoms with E-state index in [4.69, 9.17) is 5.73 Å². The van der Waals surface area contributed by atoms with Crippen LogP contribution >= 0.6 is 0 Å². The highest BCUT2D eigenvalue weighted by Gasteiger charge is 2.09. The normalized spacial score (nSPS) is 12.2. The molecule has 3 N–H and O–H groups in total. The van der Waals surface area contributed by atoms with Crippen molar-refractivity contribution < 1.29 is 9.18 Å². The minimum atomic E-state index is -0.337. The van der Waals surface area contributed by atoms with Crippen LogP contribution in [0.1, 0.15) is 30.1 Å². The summed E-state index contributed by atoms with van der Waals surface area (Å²) in [7, 11) is 0. The molecule has 1 aromatic rings. The molecular weight excluding hydrogens is 219 g/mol. The minimum absolute atomic E-state index is 0.166. The topological polar surface area (TPSA) is 55.1 Å². The van der Waals surface area contributed by atoms with E-state index in [2.05, 4.69) is 12.2 Å². The first-order chi connectivity index (χ1) is 8.17. The van der Waals surface area contributed by atoms with Crippen LogP contribution in [0.5, 0.6) is 0 Å². The Morgan fingerprint density at radius 2 is 2.06 bits per heavy atom. The number of amides is 1. The van der Waals surface area contributed by atoms with E-state index in [0.29, 0.717) is 24.6 Å². The molecule has 0 aromatic heterocycles. The number of hydrogen-bond acceptors (Lipinski definition) is 2. The molecule has 17 heavy (non-hydrogen) atoms. The molecule has 0 bridgehead atoms. The van der Waals surface area contributed by atoms with Gasteiger partial charge in [0.2, 0.25) is 0 Å². The van der Waals surface area contributed by atoms with Crippen LogP contribution in [0.2, 0.25) is 0 Å². The van der Waals surface area contributed by atoms with Crippen LogP contribution < -0.4 is 11.1 Å². The Morgan fingerprint density at radius 1 is 1.41 bits per heavy atom. The SMILES string of the molecule is CCC(CCN)CNC(=O)c1ccc(F)cc1. The van der Waals surface area contributed by atoms with Gasteiger partial charge < -0.3 is 11.1 Å². The number of carbonyl (C=O) groups excluding carboxylic acids is 1. The quantitative estimate of drug-likeness (QED) is 0.795. The molecule has 0 aliphatic rings. The lowest BCUT2D eigenvalue weighted by atomic mass is 10.0. The fraction of sp³-hybridized carbons (Fsp3) is 0.462. The smallest absolute Gasteiger partial charge is 0.251 e. The van der Waals surface area contributed by atoms with Crippen molar-refractivity contribution >= 4 is 5.91 Å². The second-order valence-corrected chi connectivity index (χ2v) is 4.07. The lowest BCUT2D eigenvalue weighted by Gasteiger charge is -2.14. The van der Waals surface area contributed by atoms with Crippen LogP contribution in [0.15, 0.2) is 24.3 Å². The summed E-state index contributed by atoms with van der Waals surface area (Å²) in [5, 5.41) is 2.84. The maximum absolute atomic E-state index is 12.7. The van der Waals surface area contributed by atoms with Crippen LogP contribution in [0.3, 0.4) is 0 Å². The van der Waals surface area contributed by atoms with Crippen LogP contribution in [-0.4, -0.2) is 19.0 Å². The van der Waals surface area contributed by atoms with E-state index < -0.39 is 0 Å². The Kier molecular flexibility index (Phi) is 5.63. The van der Waals surface area contributed by atoms with Crippen molar-refractivity contribution in [3.05, 3.63) is 35.6 Å². The van der Waals surface area contributed by atoms with E-state index in [9.17, 15) is 9.18 Å².